The van der Waals surface area contributed by atoms with Crippen LogP contribution < -0.4 is 0 Å². The van der Waals surface area contributed by atoms with Crippen molar-refractivity contribution in [2.75, 3.05) is 13.1 Å². The van der Waals surface area contributed by atoms with Gasteiger partial charge in [0.2, 0.25) is 5.91 Å². The van der Waals surface area contributed by atoms with Crippen molar-refractivity contribution in [2.24, 2.45) is 0 Å². The number of hydrogen-bond acceptors (Lipinski definition) is 4. The molecule has 1 saturated carbocycles. The van der Waals surface area contributed by atoms with Crippen molar-refractivity contribution in [3.63, 3.8) is 0 Å². The highest BCUT2D eigenvalue weighted by Crippen LogP contribution is 2.29. The van der Waals surface area contributed by atoms with Crippen LogP contribution in [-0.4, -0.2) is 55.2 Å². The van der Waals surface area contributed by atoms with Gasteiger partial charge in [0, 0.05) is 44.5 Å². The predicted octanol–water partition coefficient (Wildman–Crippen LogP) is 1.70. The number of carbonyl (C=O) groups excluding carboxylic acids is 1. The Labute approximate surface area is 136 Å². The molecule has 6 nitrogen and oxygen atoms in total. The van der Waals surface area contributed by atoms with Gasteiger partial charge in [-0.25, -0.2) is 4.98 Å². The third-order valence-electron chi connectivity index (χ3n) is 5.06. The molecular formula is C17H23N5O. The van der Waals surface area contributed by atoms with Crippen molar-refractivity contribution in [3.8, 4) is 0 Å². The van der Waals surface area contributed by atoms with Gasteiger partial charge in [-0.3, -0.25) is 19.1 Å². The van der Waals surface area contributed by atoms with Crippen LogP contribution in [0.15, 0.2) is 24.8 Å². The van der Waals surface area contributed by atoms with Gasteiger partial charge in [0.15, 0.2) is 5.65 Å². The summed E-state index contributed by atoms with van der Waals surface area (Å²) in [5, 5.41) is 0. The zero-order valence-corrected chi connectivity index (χ0v) is 13.6. The van der Waals surface area contributed by atoms with Crippen molar-refractivity contribution in [2.45, 2.75) is 51.2 Å². The van der Waals surface area contributed by atoms with E-state index in [2.05, 4.69) is 24.2 Å². The fraction of sp³-hybridized carbons (Fsp3) is 0.588. The summed E-state index contributed by atoms with van der Waals surface area (Å²) in [6, 6.07) is 0.962. The zero-order chi connectivity index (χ0) is 15.8. The molecule has 2 aromatic heterocycles. The van der Waals surface area contributed by atoms with Crippen LogP contribution >= 0.6 is 0 Å². The Bertz CT molecular complexity index is 708. The van der Waals surface area contributed by atoms with Gasteiger partial charge < -0.3 is 4.90 Å². The van der Waals surface area contributed by atoms with Crippen LogP contribution in [0.5, 0.6) is 0 Å². The highest BCUT2D eigenvalue weighted by molar-refractivity contribution is 5.74. The van der Waals surface area contributed by atoms with Gasteiger partial charge in [0.05, 0.1) is 18.1 Å². The number of nitrogens with zero attached hydrogens (tertiary/aromatic N) is 5. The van der Waals surface area contributed by atoms with E-state index in [1.807, 2.05) is 12.4 Å². The van der Waals surface area contributed by atoms with Crippen LogP contribution in [-0.2, 0) is 11.3 Å². The minimum Gasteiger partial charge on any atom is -0.338 e. The Morgan fingerprint density at radius 2 is 2.22 bits per heavy atom. The first kappa shape index (κ1) is 14.6. The molecule has 122 valence electrons. The number of rotatable bonds is 5. The van der Waals surface area contributed by atoms with Gasteiger partial charge in [-0.2, -0.15) is 0 Å². The van der Waals surface area contributed by atoms with E-state index >= 15 is 0 Å². The molecule has 1 aliphatic heterocycles. The molecule has 4 rings (SSSR count). The van der Waals surface area contributed by atoms with Gasteiger partial charge >= 0.3 is 0 Å². The van der Waals surface area contributed by atoms with E-state index < -0.39 is 0 Å². The Kier molecular flexibility index (Phi) is 3.77. The van der Waals surface area contributed by atoms with E-state index in [-0.39, 0.29) is 5.91 Å². The summed E-state index contributed by atoms with van der Waals surface area (Å²) in [6.07, 6.45) is 12.2. The van der Waals surface area contributed by atoms with Crippen molar-refractivity contribution >= 4 is 11.6 Å². The summed E-state index contributed by atoms with van der Waals surface area (Å²) in [5.74, 6) is 0.222. The second-order valence-electron chi connectivity index (χ2n) is 6.72. The number of amides is 1. The lowest BCUT2D eigenvalue weighted by molar-refractivity contribution is -0.130. The molecule has 1 aliphatic carbocycles. The van der Waals surface area contributed by atoms with Crippen molar-refractivity contribution in [3.05, 3.63) is 30.5 Å². The summed E-state index contributed by atoms with van der Waals surface area (Å²) in [4.78, 5) is 25.0. The number of aromatic nitrogens is 3. The van der Waals surface area contributed by atoms with E-state index in [4.69, 9.17) is 0 Å². The number of likely N-dealkylation sites (tertiary alicyclic amines) is 1. The molecule has 0 spiro atoms. The molecule has 2 fully saturated rings. The second-order valence-corrected chi connectivity index (χ2v) is 6.72. The lowest BCUT2D eigenvalue weighted by Gasteiger charge is -2.30. The van der Waals surface area contributed by atoms with E-state index in [1.54, 1.807) is 19.3 Å². The Morgan fingerprint density at radius 1 is 1.35 bits per heavy atom. The second kappa shape index (κ2) is 5.92. The predicted molar refractivity (Wildman–Crippen MR) is 86.8 cm³/mol. The summed E-state index contributed by atoms with van der Waals surface area (Å²) in [5.41, 5.74) is 2.08. The SMILES string of the molecule is CC(=O)N(C[C@H]1CCCN1Cc1cnc2cnccn12)C1CC1. The van der Waals surface area contributed by atoms with Gasteiger partial charge in [-0.05, 0) is 32.2 Å². The highest BCUT2D eigenvalue weighted by atomic mass is 16.2. The molecule has 0 aromatic carbocycles. The molecule has 1 atom stereocenters. The lowest BCUT2D eigenvalue weighted by Crippen LogP contribution is -2.43. The molecule has 3 heterocycles. The standard InChI is InChI=1S/C17H23N5O/c1-13(23)22(14-4-5-14)12-15-3-2-7-20(15)11-16-9-19-17-10-18-6-8-21(16)17/h6,8-10,14-15H,2-5,7,11-12H2,1H3/t15-/m1/s1. The zero-order valence-electron chi connectivity index (χ0n) is 13.6. The first-order chi connectivity index (χ1) is 11.2. The minimum atomic E-state index is 0.222. The van der Waals surface area contributed by atoms with Crippen LogP contribution in [0.2, 0.25) is 0 Å². The molecular weight excluding hydrogens is 290 g/mol. The van der Waals surface area contributed by atoms with E-state index in [1.165, 1.54) is 31.4 Å². The monoisotopic (exact) mass is 313 g/mol. The topological polar surface area (TPSA) is 53.7 Å². The summed E-state index contributed by atoms with van der Waals surface area (Å²) < 4.78 is 2.10. The third kappa shape index (κ3) is 2.95. The maximum Gasteiger partial charge on any atom is 0.219 e. The smallest absolute Gasteiger partial charge is 0.219 e. The fourth-order valence-corrected chi connectivity index (χ4v) is 3.68. The van der Waals surface area contributed by atoms with Gasteiger partial charge in [-0.1, -0.05) is 0 Å². The highest BCUT2D eigenvalue weighted by Gasteiger charge is 2.35. The van der Waals surface area contributed by atoms with E-state index in [0.717, 1.165) is 25.3 Å². The average Bonchev–Trinajstić information content (AvgIpc) is 3.16. The molecule has 6 heteroatoms. The lowest BCUT2D eigenvalue weighted by atomic mass is 10.2. The van der Waals surface area contributed by atoms with Crippen molar-refractivity contribution in [1.82, 2.24) is 24.2 Å². The van der Waals surface area contributed by atoms with Crippen molar-refractivity contribution in [1.29, 1.82) is 0 Å². The van der Waals surface area contributed by atoms with Crippen LogP contribution in [0.25, 0.3) is 5.65 Å². The molecule has 0 N–H and O–H groups in total. The molecule has 0 bridgehead atoms. The summed E-state index contributed by atoms with van der Waals surface area (Å²) >= 11 is 0. The Balaban J connectivity index is 1.48. The maximum absolute atomic E-state index is 11.9. The summed E-state index contributed by atoms with van der Waals surface area (Å²) in [7, 11) is 0. The first-order valence-corrected chi connectivity index (χ1v) is 8.49. The summed E-state index contributed by atoms with van der Waals surface area (Å²) in [6.45, 7) is 4.55. The number of fused-ring (bicyclic) bond motifs is 1. The first-order valence-electron chi connectivity index (χ1n) is 8.49. The van der Waals surface area contributed by atoms with Crippen LogP contribution in [0.3, 0.4) is 0 Å². The van der Waals surface area contributed by atoms with E-state index in [0.29, 0.717) is 12.1 Å². The Morgan fingerprint density at radius 3 is 3.00 bits per heavy atom. The van der Waals surface area contributed by atoms with Crippen LogP contribution in [0, 0.1) is 0 Å². The Hall–Kier alpha value is -1.95. The maximum atomic E-state index is 11.9. The van der Waals surface area contributed by atoms with Crippen LogP contribution in [0.1, 0.15) is 38.3 Å². The molecule has 1 saturated heterocycles. The number of imidazole rings is 1. The number of carbonyl (C=O) groups is 1. The largest absolute Gasteiger partial charge is 0.338 e. The van der Waals surface area contributed by atoms with Crippen molar-refractivity contribution < 1.29 is 4.79 Å². The van der Waals surface area contributed by atoms with Crippen LogP contribution in [0.4, 0.5) is 0 Å². The fourth-order valence-electron chi connectivity index (χ4n) is 3.68. The molecule has 1 amide bonds. The molecule has 2 aliphatic rings. The molecule has 0 radical (unpaired) electrons. The minimum absolute atomic E-state index is 0.222. The molecule has 2 aromatic rings. The third-order valence-corrected chi connectivity index (χ3v) is 5.06. The van der Waals surface area contributed by atoms with Gasteiger partial charge in [0.1, 0.15) is 0 Å². The molecule has 23 heavy (non-hydrogen) atoms. The molecule has 0 unspecified atom stereocenters. The average molecular weight is 313 g/mol. The van der Waals surface area contributed by atoms with Gasteiger partial charge in [0.25, 0.3) is 0 Å². The van der Waals surface area contributed by atoms with Gasteiger partial charge in [-0.15, -0.1) is 0 Å². The van der Waals surface area contributed by atoms with E-state index in [9.17, 15) is 4.79 Å². The number of hydrogen-bond donors (Lipinski definition) is 0. The normalized spacial score (nSPS) is 21.9. The quantitative estimate of drug-likeness (QED) is 0.843.